The number of carbonyl (C=O) groups excluding carboxylic acids is 2. The second-order valence-electron chi connectivity index (χ2n) is 5.97. The minimum Gasteiger partial charge on any atom is -0.356 e. The van der Waals surface area contributed by atoms with Crippen LogP contribution in [0, 0.1) is 5.92 Å². The first-order chi connectivity index (χ1) is 11.8. The van der Waals surface area contributed by atoms with E-state index in [1.807, 2.05) is 29.6 Å². The Bertz CT molecular complexity index is 789. The number of alkyl halides is 2. The summed E-state index contributed by atoms with van der Waals surface area (Å²) in [5.74, 6) is -0.592. The topological polar surface area (TPSA) is 71.1 Å². The maximum absolute atomic E-state index is 12.0. The standard InChI is InChI=1S/C17H17Cl2N3O2S/c1-10(23)20-7-6-11-2-4-12(5-3-11)14-9-25-16(21-14)22-15(24)13-8-17(13,18)19/h2-5,9,13H,6-8H2,1H3,(H,20,23)(H,21,22,24). The predicted octanol–water partition coefficient (Wildman–Crippen LogP) is 3.62. The third kappa shape index (κ3) is 4.71. The molecule has 0 bridgehead atoms. The molecule has 1 aromatic carbocycles. The molecule has 3 rings (SSSR count). The predicted molar refractivity (Wildman–Crippen MR) is 101 cm³/mol. The third-order valence-corrected chi connectivity index (χ3v) is 5.51. The Balaban J connectivity index is 1.58. The smallest absolute Gasteiger partial charge is 0.232 e. The lowest BCUT2D eigenvalue weighted by molar-refractivity contribution is -0.119. The Hall–Kier alpha value is -1.63. The van der Waals surface area contributed by atoms with Crippen LogP contribution in [-0.4, -0.2) is 27.7 Å². The van der Waals surface area contributed by atoms with Crippen molar-refractivity contribution in [3.8, 4) is 11.3 Å². The van der Waals surface area contributed by atoms with Crippen molar-refractivity contribution in [1.29, 1.82) is 0 Å². The maximum atomic E-state index is 12.0. The van der Waals surface area contributed by atoms with E-state index in [-0.39, 0.29) is 17.7 Å². The van der Waals surface area contributed by atoms with Gasteiger partial charge in [0.1, 0.15) is 4.33 Å². The molecular formula is C17H17Cl2N3O2S. The first kappa shape index (κ1) is 18.2. The van der Waals surface area contributed by atoms with Gasteiger partial charge in [-0.15, -0.1) is 34.5 Å². The van der Waals surface area contributed by atoms with Crippen LogP contribution >= 0.6 is 34.5 Å². The molecular weight excluding hydrogens is 381 g/mol. The molecule has 0 spiro atoms. The number of thiazole rings is 1. The van der Waals surface area contributed by atoms with E-state index in [4.69, 9.17) is 23.2 Å². The summed E-state index contributed by atoms with van der Waals surface area (Å²) >= 11 is 13.2. The van der Waals surface area contributed by atoms with E-state index in [1.165, 1.54) is 18.3 Å². The minimum absolute atomic E-state index is 0.0274. The van der Waals surface area contributed by atoms with Gasteiger partial charge < -0.3 is 10.6 Å². The number of amides is 2. The Kier molecular flexibility index (Phi) is 5.32. The van der Waals surface area contributed by atoms with Crippen molar-refractivity contribution in [2.45, 2.75) is 24.1 Å². The normalized spacial score (nSPS) is 17.8. The van der Waals surface area contributed by atoms with Crippen LogP contribution in [-0.2, 0) is 16.0 Å². The summed E-state index contributed by atoms with van der Waals surface area (Å²) in [5, 5.41) is 7.96. The zero-order chi connectivity index (χ0) is 18.0. The highest BCUT2D eigenvalue weighted by Crippen LogP contribution is 2.53. The summed E-state index contributed by atoms with van der Waals surface area (Å²) in [6.45, 7) is 2.12. The maximum Gasteiger partial charge on any atom is 0.232 e. The Labute approximate surface area is 159 Å². The first-order valence-electron chi connectivity index (χ1n) is 7.83. The SMILES string of the molecule is CC(=O)NCCc1ccc(-c2csc(NC(=O)C3CC3(Cl)Cl)n2)cc1. The molecule has 1 aromatic heterocycles. The zero-order valence-electron chi connectivity index (χ0n) is 13.5. The van der Waals surface area contributed by atoms with E-state index < -0.39 is 4.33 Å². The summed E-state index contributed by atoms with van der Waals surface area (Å²) < 4.78 is -0.933. The van der Waals surface area contributed by atoms with Gasteiger partial charge in [-0.3, -0.25) is 9.59 Å². The van der Waals surface area contributed by atoms with Crippen molar-refractivity contribution < 1.29 is 9.59 Å². The fourth-order valence-corrected chi connectivity index (χ4v) is 3.61. The lowest BCUT2D eigenvalue weighted by Gasteiger charge is -2.04. The number of carbonyl (C=O) groups is 2. The van der Waals surface area contributed by atoms with Gasteiger partial charge >= 0.3 is 0 Å². The largest absolute Gasteiger partial charge is 0.356 e. The van der Waals surface area contributed by atoms with Crippen LogP contribution in [0.2, 0.25) is 0 Å². The molecule has 0 aliphatic heterocycles. The Morgan fingerprint density at radius 1 is 1.32 bits per heavy atom. The van der Waals surface area contributed by atoms with Crippen LogP contribution in [0.15, 0.2) is 29.6 Å². The average Bonchev–Trinajstić information content (AvgIpc) is 2.98. The average molecular weight is 398 g/mol. The highest BCUT2D eigenvalue weighted by atomic mass is 35.5. The van der Waals surface area contributed by atoms with Crippen molar-refractivity contribution in [2.24, 2.45) is 5.92 Å². The quantitative estimate of drug-likeness (QED) is 0.731. The molecule has 132 valence electrons. The fourth-order valence-electron chi connectivity index (χ4n) is 2.38. The number of anilines is 1. The van der Waals surface area contributed by atoms with E-state index in [2.05, 4.69) is 15.6 Å². The molecule has 5 nitrogen and oxygen atoms in total. The van der Waals surface area contributed by atoms with E-state index in [1.54, 1.807) is 0 Å². The molecule has 1 heterocycles. The summed E-state index contributed by atoms with van der Waals surface area (Å²) in [6.07, 6.45) is 1.25. The van der Waals surface area contributed by atoms with Crippen LogP contribution in [0.3, 0.4) is 0 Å². The fraction of sp³-hybridized carbons (Fsp3) is 0.353. The number of hydrogen-bond donors (Lipinski definition) is 2. The van der Waals surface area contributed by atoms with Gasteiger partial charge in [0.25, 0.3) is 0 Å². The van der Waals surface area contributed by atoms with Gasteiger partial charge in [0, 0.05) is 24.4 Å². The van der Waals surface area contributed by atoms with Crippen molar-refractivity contribution in [1.82, 2.24) is 10.3 Å². The molecule has 0 radical (unpaired) electrons. The lowest BCUT2D eigenvalue weighted by Crippen LogP contribution is -2.22. The number of hydrogen-bond acceptors (Lipinski definition) is 4. The molecule has 1 aliphatic rings. The number of halogens is 2. The highest BCUT2D eigenvalue weighted by molar-refractivity contribution is 7.14. The molecule has 2 N–H and O–H groups in total. The van der Waals surface area contributed by atoms with Crippen LogP contribution < -0.4 is 10.6 Å². The zero-order valence-corrected chi connectivity index (χ0v) is 15.8. The minimum atomic E-state index is -0.933. The van der Waals surface area contributed by atoms with Crippen LogP contribution in [0.4, 0.5) is 5.13 Å². The van der Waals surface area contributed by atoms with E-state index in [9.17, 15) is 9.59 Å². The van der Waals surface area contributed by atoms with E-state index >= 15 is 0 Å². The molecule has 1 fully saturated rings. The van der Waals surface area contributed by atoms with Gasteiger partial charge in [-0.2, -0.15) is 0 Å². The molecule has 8 heteroatoms. The summed E-state index contributed by atoms with van der Waals surface area (Å²) in [6, 6.07) is 7.98. The third-order valence-electron chi connectivity index (χ3n) is 3.91. The van der Waals surface area contributed by atoms with Gasteiger partial charge in [-0.05, 0) is 18.4 Å². The van der Waals surface area contributed by atoms with Gasteiger partial charge in [-0.25, -0.2) is 4.98 Å². The van der Waals surface area contributed by atoms with Crippen molar-refractivity contribution >= 4 is 51.5 Å². The summed E-state index contributed by atoms with van der Waals surface area (Å²) in [5.41, 5.74) is 2.90. The first-order valence-corrected chi connectivity index (χ1v) is 9.47. The number of nitrogens with zero attached hydrogens (tertiary/aromatic N) is 1. The van der Waals surface area contributed by atoms with Crippen LogP contribution in [0.5, 0.6) is 0 Å². The van der Waals surface area contributed by atoms with E-state index in [0.717, 1.165) is 23.2 Å². The van der Waals surface area contributed by atoms with Crippen molar-refractivity contribution in [3.05, 3.63) is 35.2 Å². The Morgan fingerprint density at radius 2 is 2.00 bits per heavy atom. The van der Waals surface area contributed by atoms with Crippen molar-refractivity contribution in [2.75, 3.05) is 11.9 Å². The summed E-state index contributed by atoms with van der Waals surface area (Å²) in [4.78, 5) is 27.3. The van der Waals surface area contributed by atoms with Crippen molar-refractivity contribution in [3.63, 3.8) is 0 Å². The molecule has 2 amide bonds. The van der Waals surface area contributed by atoms with E-state index in [0.29, 0.717) is 18.1 Å². The van der Waals surface area contributed by atoms with Crippen LogP contribution in [0.1, 0.15) is 18.9 Å². The number of aromatic nitrogens is 1. The number of nitrogens with one attached hydrogen (secondary N) is 2. The van der Waals surface area contributed by atoms with Gasteiger partial charge in [0.05, 0.1) is 11.6 Å². The van der Waals surface area contributed by atoms with Gasteiger partial charge in [0.2, 0.25) is 11.8 Å². The molecule has 1 saturated carbocycles. The number of benzene rings is 1. The molecule has 1 unspecified atom stereocenters. The second kappa shape index (κ2) is 7.32. The van der Waals surface area contributed by atoms with Gasteiger partial charge in [-0.1, -0.05) is 24.3 Å². The summed E-state index contributed by atoms with van der Waals surface area (Å²) in [7, 11) is 0. The number of rotatable bonds is 6. The second-order valence-corrected chi connectivity index (χ2v) is 8.38. The molecule has 1 atom stereocenters. The monoisotopic (exact) mass is 397 g/mol. The molecule has 2 aromatic rings. The van der Waals surface area contributed by atoms with Crippen LogP contribution in [0.25, 0.3) is 11.3 Å². The molecule has 0 saturated heterocycles. The van der Waals surface area contributed by atoms with Gasteiger partial charge in [0.15, 0.2) is 5.13 Å². The molecule has 1 aliphatic carbocycles. The highest BCUT2D eigenvalue weighted by Gasteiger charge is 2.56. The molecule has 25 heavy (non-hydrogen) atoms. The Morgan fingerprint density at radius 3 is 2.60 bits per heavy atom. The lowest BCUT2D eigenvalue weighted by atomic mass is 10.1.